The monoisotopic (exact) mass is 390 g/mol. The van der Waals surface area contributed by atoms with Gasteiger partial charge in [0.1, 0.15) is 10.8 Å². The number of hydrogen-bond acceptors (Lipinski definition) is 7. The van der Waals surface area contributed by atoms with Crippen LogP contribution in [0.15, 0.2) is 39.9 Å². The van der Waals surface area contributed by atoms with Gasteiger partial charge in [-0.1, -0.05) is 12.1 Å². The first-order chi connectivity index (χ1) is 12.9. The number of rotatable bonds is 7. The van der Waals surface area contributed by atoms with E-state index in [2.05, 4.69) is 16.1 Å². The summed E-state index contributed by atoms with van der Waals surface area (Å²) in [7, 11) is 1.48. The van der Waals surface area contributed by atoms with Gasteiger partial charge in [-0.3, -0.25) is 15.0 Å². The van der Waals surface area contributed by atoms with Crippen LogP contribution >= 0.6 is 11.3 Å². The van der Waals surface area contributed by atoms with Crippen molar-refractivity contribution in [3.8, 4) is 5.75 Å². The second-order valence-electron chi connectivity index (χ2n) is 5.33. The molecule has 0 unspecified atom stereocenters. The van der Waals surface area contributed by atoms with E-state index < -0.39 is 23.1 Å². The van der Waals surface area contributed by atoms with E-state index in [1.165, 1.54) is 13.2 Å². The maximum absolute atomic E-state index is 12.1. The highest BCUT2D eigenvalue weighted by Gasteiger charge is 2.21. The Morgan fingerprint density at radius 3 is 2.56 bits per heavy atom. The molecule has 3 aromatic rings. The number of para-hydroxylation sites is 2. The van der Waals surface area contributed by atoms with Crippen LogP contribution in [-0.4, -0.2) is 28.9 Å². The van der Waals surface area contributed by atoms with Crippen molar-refractivity contribution in [2.24, 2.45) is 0 Å². The molecule has 4 N–H and O–H groups in total. The van der Waals surface area contributed by atoms with E-state index in [-0.39, 0.29) is 17.1 Å². The van der Waals surface area contributed by atoms with Crippen LogP contribution in [0.3, 0.4) is 0 Å². The van der Waals surface area contributed by atoms with Crippen LogP contribution in [0, 0.1) is 0 Å². The van der Waals surface area contributed by atoms with Gasteiger partial charge in [-0.2, -0.15) is 4.68 Å². The van der Waals surface area contributed by atoms with Crippen LogP contribution in [0.1, 0.15) is 15.2 Å². The minimum atomic E-state index is -1.22. The maximum Gasteiger partial charge on any atom is 0.340 e. The number of nitrogens with zero attached hydrogens (tertiary/aromatic N) is 1. The van der Waals surface area contributed by atoms with Crippen LogP contribution in [0.5, 0.6) is 5.75 Å². The lowest BCUT2D eigenvalue weighted by Gasteiger charge is -2.10. The van der Waals surface area contributed by atoms with E-state index in [0.717, 1.165) is 11.3 Å². The predicted molar refractivity (Wildman–Crippen MR) is 98.5 cm³/mol. The van der Waals surface area contributed by atoms with Gasteiger partial charge in [-0.05, 0) is 18.2 Å². The SMILES string of the molecule is COc1ccccc1NC(=O)NCc1cc(C(=O)O)c(Nn2c(=O)c2=O)s1. The second kappa shape index (κ2) is 7.33. The number of carbonyl (C=O) groups excluding carboxylic acids is 1. The zero-order chi connectivity index (χ0) is 19.6. The van der Waals surface area contributed by atoms with Gasteiger partial charge in [-0.15, -0.1) is 11.3 Å². The Bertz CT molecular complexity index is 1050. The molecule has 3 rings (SSSR count). The largest absolute Gasteiger partial charge is 0.495 e. The zero-order valence-electron chi connectivity index (χ0n) is 13.9. The van der Waals surface area contributed by atoms with Gasteiger partial charge in [0.2, 0.25) is 0 Å². The first kappa shape index (κ1) is 18.2. The summed E-state index contributed by atoms with van der Waals surface area (Å²) in [5, 5.41) is 14.6. The van der Waals surface area contributed by atoms with Crippen molar-refractivity contribution in [3.05, 3.63) is 61.5 Å². The van der Waals surface area contributed by atoms with Crippen molar-refractivity contribution in [1.29, 1.82) is 0 Å². The van der Waals surface area contributed by atoms with Crippen molar-refractivity contribution in [3.63, 3.8) is 0 Å². The molecule has 0 saturated carbocycles. The fourth-order valence-corrected chi connectivity index (χ4v) is 3.17. The summed E-state index contributed by atoms with van der Waals surface area (Å²) in [6, 6.07) is 7.73. The number of urea groups is 1. The van der Waals surface area contributed by atoms with E-state index in [1.807, 2.05) is 0 Å². The summed E-state index contributed by atoms with van der Waals surface area (Å²) >= 11 is 1.01. The van der Waals surface area contributed by atoms with E-state index in [9.17, 15) is 24.3 Å². The standard InChI is InChI=1S/C16H14N4O6S/c1-26-11-5-3-2-4-10(11)18-16(25)17-7-8-6-9(15(23)24)12(27-8)19-20-13(21)14(20)22/h2-6,19H,7H2,1H3,(H,23,24)(H2,17,18,25). The maximum atomic E-state index is 12.1. The molecule has 0 aliphatic heterocycles. The van der Waals surface area contributed by atoms with Gasteiger partial charge in [0.05, 0.1) is 24.9 Å². The normalized spacial score (nSPS) is 10.6. The lowest BCUT2D eigenvalue weighted by Crippen LogP contribution is -2.28. The van der Waals surface area contributed by atoms with Crippen LogP contribution in [-0.2, 0) is 6.54 Å². The number of carboxylic acids is 1. The average Bonchev–Trinajstić information content (AvgIpc) is 3.05. The molecular formula is C16H14N4O6S. The quantitative estimate of drug-likeness (QED) is 0.442. The molecule has 1 aromatic carbocycles. The molecule has 2 heterocycles. The molecule has 0 radical (unpaired) electrons. The molecular weight excluding hydrogens is 376 g/mol. The van der Waals surface area contributed by atoms with Crippen molar-refractivity contribution < 1.29 is 19.4 Å². The second-order valence-corrected chi connectivity index (χ2v) is 6.46. The lowest BCUT2D eigenvalue weighted by atomic mass is 10.3. The highest BCUT2D eigenvalue weighted by molar-refractivity contribution is 7.16. The third kappa shape index (κ3) is 3.98. The molecule has 0 aliphatic carbocycles. The van der Waals surface area contributed by atoms with E-state index in [4.69, 9.17) is 4.74 Å². The zero-order valence-corrected chi connectivity index (χ0v) is 14.8. The average molecular weight is 390 g/mol. The van der Waals surface area contributed by atoms with Crippen molar-refractivity contribution in [2.75, 3.05) is 17.9 Å². The highest BCUT2D eigenvalue weighted by atomic mass is 32.1. The summed E-state index contributed by atoms with van der Waals surface area (Å²) in [5.41, 5.74) is 1.35. The Hall–Kier alpha value is -3.60. The fourth-order valence-electron chi connectivity index (χ4n) is 2.19. The summed E-state index contributed by atoms with van der Waals surface area (Å²) in [6.07, 6.45) is 0. The van der Waals surface area contributed by atoms with Gasteiger partial charge in [-0.25, -0.2) is 9.59 Å². The Labute approximate surface area is 155 Å². The minimum absolute atomic E-state index is 0.0511. The molecule has 0 bridgehead atoms. The topological polar surface area (TPSA) is 139 Å². The Kier molecular flexibility index (Phi) is 4.94. The van der Waals surface area contributed by atoms with Crippen molar-refractivity contribution in [1.82, 2.24) is 9.99 Å². The van der Waals surface area contributed by atoms with Gasteiger partial charge in [0.25, 0.3) is 0 Å². The molecule has 2 aromatic heterocycles. The first-order valence-electron chi connectivity index (χ1n) is 7.59. The van der Waals surface area contributed by atoms with Crippen molar-refractivity contribution in [2.45, 2.75) is 6.54 Å². The molecule has 27 heavy (non-hydrogen) atoms. The van der Waals surface area contributed by atoms with Crippen LogP contribution in [0.4, 0.5) is 15.5 Å². The molecule has 0 atom stereocenters. The first-order valence-corrected chi connectivity index (χ1v) is 8.41. The third-order valence-corrected chi connectivity index (χ3v) is 4.58. The summed E-state index contributed by atoms with van der Waals surface area (Å²) < 4.78 is 5.85. The number of aromatic carboxylic acids is 1. The predicted octanol–water partition coefficient (Wildman–Crippen LogP) is 1.05. The van der Waals surface area contributed by atoms with Gasteiger partial charge >= 0.3 is 23.1 Å². The number of amides is 2. The van der Waals surface area contributed by atoms with Crippen LogP contribution < -0.4 is 31.9 Å². The van der Waals surface area contributed by atoms with Gasteiger partial charge < -0.3 is 20.5 Å². The lowest BCUT2D eigenvalue weighted by molar-refractivity contribution is 0.0698. The minimum Gasteiger partial charge on any atom is -0.495 e. The smallest absolute Gasteiger partial charge is 0.340 e. The number of thiophene rings is 1. The number of benzene rings is 1. The van der Waals surface area contributed by atoms with Crippen LogP contribution in [0.25, 0.3) is 0 Å². The molecule has 140 valence electrons. The molecule has 0 spiro atoms. The van der Waals surface area contributed by atoms with Crippen molar-refractivity contribution >= 4 is 34.0 Å². The number of methoxy groups -OCH3 is 1. The number of nitrogens with one attached hydrogen (secondary N) is 3. The Morgan fingerprint density at radius 1 is 1.22 bits per heavy atom. The molecule has 10 nitrogen and oxygen atoms in total. The number of carboxylic acid groups (broad SMARTS) is 1. The molecule has 11 heteroatoms. The number of carbonyl (C=O) groups is 2. The number of ether oxygens (including phenoxy) is 1. The van der Waals surface area contributed by atoms with Gasteiger partial charge in [0.15, 0.2) is 0 Å². The van der Waals surface area contributed by atoms with Crippen LogP contribution in [0.2, 0.25) is 0 Å². The summed E-state index contributed by atoms with van der Waals surface area (Å²) in [6.45, 7) is 0.0511. The van der Waals surface area contributed by atoms with Gasteiger partial charge in [0, 0.05) is 4.88 Å². The Morgan fingerprint density at radius 2 is 1.93 bits per heavy atom. The summed E-state index contributed by atoms with van der Waals surface area (Å²) in [5.74, 6) is -0.725. The molecule has 2 amide bonds. The van der Waals surface area contributed by atoms with E-state index in [0.29, 0.717) is 21.0 Å². The summed E-state index contributed by atoms with van der Waals surface area (Å²) in [4.78, 5) is 46.0. The number of hydrogen-bond donors (Lipinski definition) is 4. The number of aromatic nitrogens is 1. The Balaban J connectivity index is 1.66. The van der Waals surface area contributed by atoms with E-state index in [1.54, 1.807) is 24.3 Å². The molecule has 0 fully saturated rings. The third-order valence-electron chi connectivity index (χ3n) is 3.54. The van der Waals surface area contributed by atoms with E-state index >= 15 is 0 Å². The molecule has 0 aliphatic rings. The highest BCUT2D eigenvalue weighted by Crippen LogP contribution is 2.28. The molecule has 0 saturated heterocycles. The fraction of sp³-hybridized carbons (Fsp3) is 0.125. The number of anilines is 2.